The number of carboxylic acid groups (broad SMARTS) is 1. The summed E-state index contributed by atoms with van der Waals surface area (Å²) >= 11 is 0. The molecule has 2 aromatic heterocycles. The van der Waals surface area contributed by atoms with Crippen molar-refractivity contribution in [2.24, 2.45) is 0 Å². The molecule has 1 spiro atoms. The van der Waals surface area contributed by atoms with Gasteiger partial charge in [0, 0.05) is 44.0 Å². The SMILES string of the molecule is O=C(O)C(F)(F)F.O=C1CCC2(CCN(c3ncc(F)cn3)CC2)N1Cc1ccncc1. The van der Waals surface area contributed by atoms with Crippen LogP contribution in [-0.4, -0.2) is 61.6 Å². The van der Waals surface area contributed by atoms with Crippen LogP contribution < -0.4 is 4.90 Å². The Morgan fingerprint density at radius 3 is 2.19 bits per heavy atom. The number of alkyl halides is 3. The summed E-state index contributed by atoms with van der Waals surface area (Å²) in [6.45, 7) is 2.17. The lowest BCUT2D eigenvalue weighted by Gasteiger charge is -2.45. The number of carbonyl (C=O) groups is 2. The lowest BCUT2D eigenvalue weighted by molar-refractivity contribution is -0.192. The van der Waals surface area contributed by atoms with E-state index in [1.54, 1.807) is 12.4 Å². The molecule has 4 rings (SSSR count). The van der Waals surface area contributed by atoms with Crippen LogP contribution in [0.1, 0.15) is 31.2 Å². The van der Waals surface area contributed by atoms with Gasteiger partial charge in [-0.05, 0) is 37.0 Å². The van der Waals surface area contributed by atoms with Crippen LogP contribution >= 0.6 is 0 Å². The molecule has 0 bridgehead atoms. The van der Waals surface area contributed by atoms with Crippen molar-refractivity contribution < 1.29 is 32.3 Å². The monoisotopic (exact) mass is 455 g/mol. The molecule has 172 valence electrons. The van der Waals surface area contributed by atoms with Crippen molar-refractivity contribution in [1.82, 2.24) is 19.9 Å². The maximum Gasteiger partial charge on any atom is 0.490 e. The minimum atomic E-state index is -5.08. The Kier molecular flexibility index (Phi) is 6.90. The number of hydrogen-bond acceptors (Lipinski definition) is 6. The summed E-state index contributed by atoms with van der Waals surface area (Å²) in [5.74, 6) is -2.40. The Hall–Kier alpha value is -3.31. The first-order valence-electron chi connectivity index (χ1n) is 9.83. The third kappa shape index (κ3) is 5.48. The first kappa shape index (κ1) is 23.4. The average Bonchev–Trinajstić information content (AvgIpc) is 3.05. The zero-order valence-corrected chi connectivity index (χ0v) is 16.9. The molecule has 2 aromatic rings. The van der Waals surface area contributed by atoms with Crippen LogP contribution in [0.5, 0.6) is 0 Å². The molecule has 0 radical (unpaired) electrons. The van der Waals surface area contributed by atoms with E-state index in [0.29, 0.717) is 18.9 Å². The normalized spacial score (nSPS) is 17.8. The lowest BCUT2D eigenvalue weighted by atomic mass is 9.85. The van der Waals surface area contributed by atoms with Gasteiger partial charge in [0.1, 0.15) is 0 Å². The topological polar surface area (TPSA) is 99.5 Å². The predicted molar refractivity (Wildman–Crippen MR) is 104 cm³/mol. The Balaban J connectivity index is 0.000000360. The van der Waals surface area contributed by atoms with E-state index < -0.39 is 18.0 Å². The zero-order chi connectivity index (χ0) is 23.4. The quantitative estimate of drug-likeness (QED) is 0.711. The van der Waals surface area contributed by atoms with Gasteiger partial charge < -0.3 is 14.9 Å². The number of piperidine rings is 1. The number of aliphatic carboxylic acids is 1. The lowest BCUT2D eigenvalue weighted by Crippen LogP contribution is -2.53. The number of carbonyl (C=O) groups excluding carboxylic acids is 1. The maximum absolute atomic E-state index is 13.0. The minimum Gasteiger partial charge on any atom is -0.475 e. The summed E-state index contributed by atoms with van der Waals surface area (Å²) in [5.41, 5.74) is 1.02. The fraction of sp³-hybridized carbons (Fsp3) is 0.450. The second-order valence-corrected chi connectivity index (χ2v) is 7.55. The molecule has 0 saturated carbocycles. The highest BCUT2D eigenvalue weighted by Gasteiger charge is 2.47. The number of aromatic nitrogens is 3. The molecule has 2 saturated heterocycles. The van der Waals surface area contributed by atoms with E-state index in [2.05, 4.69) is 19.9 Å². The van der Waals surface area contributed by atoms with Crippen molar-refractivity contribution in [2.45, 2.75) is 43.9 Å². The van der Waals surface area contributed by atoms with Crippen LogP contribution in [0.25, 0.3) is 0 Å². The van der Waals surface area contributed by atoms with E-state index in [9.17, 15) is 22.4 Å². The summed E-state index contributed by atoms with van der Waals surface area (Å²) in [6, 6.07) is 3.92. The molecular formula is C20H21F4N5O3. The highest BCUT2D eigenvalue weighted by Crippen LogP contribution is 2.40. The molecular weight excluding hydrogens is 434 g/mol. The van der Waals surface area contributed by atoms with E-state index in [1.807, 2.05) is 17.0 Å². The Morgan fingerprint density at radius 1 is 1.09 bits per heavy atom. The van der Waals surface area contributed by atoms with Crippen LogP contribution in [-0.2, 0) is 16.1 Å². The third-order valence-corrected chi connectivity index (χ3v) is 5.59. The summed E-state index contributed by atoms with van der Waals surface area (Å²) in [5, 5.41) is 7.12. The second kappa shape index (κ2) is 9.45. The van der Waals surface area contributed by atoms with Gasteiger partial charge in [-0.2, -0.15) is 13.2 Å². The van der Waals surface area contributed by atoms with E-state index in [-0.39, 0.29) is 11.4 Å². The minimum absolute atomic E-state index is 0.0864. The van der Waals surface area contributed by atoms with Crippen molar-refractivity contribution in [1.29, 1.82) is 0 Å². The Bertz CT molecular complexity index is 933. The maximum atomic E-state index is 13.0. The molecule has 2 aliphatic heterocycles. The first-order chi connectivity index (χ1) is 15.1. The molecule has 32 heavy (non-hydrogen) atoms. The summed E-state index contributed by atoms with van der Waals surface area (Å²) in [6.07, 6.45) is 4.10. The number of hydrogen-bond donors (Lipinski definition) is 1. The fourth-order valence-corrected chi connectivity index (χ4v) is 3.91. The van der Waals surface area contributed by atoms with E-state index in [4.69, 9.17) is 9.90 Å². The largest absolute Gasteiger partial charge is 0.490 e. The van der Waals surface area contributed by atoms with Crippen molar-refractivity contribution in [3.63, 3.8) is 0 Å². The molecule has 1 amide bonds. The zero-order valence-electron chi connectivity index (χ0n) is 16.9. The van der Waals surface area contributed by atoms with Crippen LogP contribution in [0.3, 0.4) is 0 Å². The Labute approximate surface area is 180 Å². The fourth-order valence-electron chi connectivity index (χ4n) is 3.91. The summed E-state index contributed by atoms with van der Waals surface area (Å²) < 4.78 is 44.7. The molecule has 12 heteroatoms. The number of carboxylic acids is 1. The van der Waals surface area contributed by atoms with Gasteiger partial charge in [-0.25, -0.2) is 19.2 Å². The highest BCUT2D eigenvalue weighted by molar-refractivity contribution is 5.79. The molecule has 4 heterocycles. The van der Waals surface area contributed by atoms with Crippen LogP contribution in [0.2, 0.25) is 0 Å². The number of anilines is 1. The number of pyridine rings is 1. The average molecular weight is 455 g/mol. The molecule has 0 aromatic carbocycles. The summed E-state index contributed by atoms with van der Waals surface area (Å²) in [7, 11) is 0. The van der Waals surface area contributed by atoms with Gasteiger partial charge in [0.05, 0.1) is 12.4 Å². The molecule has 8 nitrogen and oxygen atoms in total. The van der Waals surface area contributed by atoms with Crippen molar-refractivity contribution in [3.05, 3.63) is 48.3 Å². The number of likely N-dealkylation sites (tertiary alicyclic amines) is 1. The van der Waals surface area contributed by atoms with Crippen molar-refractivity contribution >= 4 is 17.8 Å². The van der Waals surface area contributed by atoms with E-state index >= 15 is 0 Å². The third-order valence-electron chi connectivity index (χ3n) is 5.59. The molecule has 1 N–H and O–H groups in total. The van der Waals surface area contributed by atoms with E-state index in [0.717, 1.165) is 37.9 Å². The van der Waals surface area contributed by atoms with Crippen LogP contribution in [0.4, 0.5) is 23.5 Å². The Morgan fingerprint density at radius 2 is 1.66 bits per heavy atom. The van der Waals surface area contributed by atoms with Crippen LogP contribution in [0.15, 0.2) is 36.9 Å². The van der Waals surface area contributed by atoms with Gasteiger partial charge in [0.25, 0.3) is 0 Å². The summed E-state index contributed by atoms with van der Waals surface area (Å²) in [4.78, 5) is 37.7. The number of nitrogens with zero attached hydrogens (tertiary/aromatic N) is 5. The smallest absolute Gasteiger partial charge is 0.475 e. The second-order valence-electron chi connectivity index (χ2n) is 7.55. The molecule has 0 atom stereocenters. The van der Waals surface area contributed by atoms with Crippen LogP contribution in [0, 0.1) is 5.82 Å². The number of halogens is 4. The van der Waals surface area contributed by atoms with Gasteiger partial charge in [-0.3, -0.25) is 9.78 Å². The molecule has 0 unspecified atom stereocenters. The van der Waals surface area contributed by atoms with Gasteiger partial charge in [-0.1, -0.05) is 0 Å². The van der Waals surface area contributed by atoms with Crippen molar-refractivity contribution in [2.75, 3.05) is 18.0 Å². The van der Waals surface area contributed by atoms with Gasteiger partial charge >= 0.3 is 12.1 Å². The van der Waals surface area contributed by atoms with E-state index in [1.165, 1.54) is 12.4 Å². The van der Waals surface area contributed by atoms with Gasteiger partial charge in [0.2, 0.25) is 11.9 Å². The number of amides is 1. The predicted octanol–water partition coefficient (Wildman–Crippen LogP) is 2.81. The molecule has 2 fully saturated rings. The van der Waals surface area contributed by atoms with Gasteiger partial charge in [0.15, 0.2) is 5.82 Å². The highest BCUT2D eigenvalue weighted by atomic mass is 19.4. The molecule has 0 aliphatic carbocycles. The van der Waals surface area contributed by atoms with Crippen molar-refractivity contribution in [3.8, 4) is 0 Å². The molecule has 2 aliphatic rings. The standard InChI is InChI=1S/C18H20FN5O.C2HF3O2/c19-15-11-21-17(22-12-15)23-9-5-18(6-10-23)4-1-16(25)24(18)13-14-2-7-20-8-3-14;3-2(4,5)1(6)7/h2-3,7-8,11-12H,1,4-6,9-10,13H2;(H,6,7). The first-order valence-corrected chi connectivity index (χ1v) is 9.83. The number of rotatable bonds is 3. The van der Waals surface area contributed by atoms with Gasteiger partial charge in [-0.15, -0.1) is 0 Å².